The summed E-state index contributed by atoms with van der Waals surface area (Å²) in [5.74, 6) is 0.949. The lowest BCUT2D eigenvalue weighted by molar-refractivity contribution is -0.371. The molecule has 13 N–H and O–H groups in total. The van der Waals surface area contributed by atoms with Crippen LogP contribution in [0.2, 0.25) is 0 Å². The van der Waals surface area contributed by atoms with E-state index in [9.17, 15) is 66.4 Å². The molecule has 9 rings (SSSR count). The van der Waals surface area contributed by atoms with Gasteiger partial charge in [0.25, 0.3) is 0 Å². The quantitative estimate of drug-likeness (QED) is 0.0720. The molecule has 5 heterocycles. The maximum atomic E-state index is 11.2. The molecule has 0 amide bonds. The Balaban J connectivity index is 0.800. The van der Waals surface area contributed by atoms with Gasteiger partial charge in [-0.25, -0.2) is 0 Å². The molecule has 9 aliphatic rings. The van der Waals surface area contributed by atoms with Crippen LogP contribution in [0.5, 0.6) is 0 Å². The summed E-state index contributed by atoms with van der Waals surface area (Å²) < 4.78 is 60.3. The summed E-state index contributed by atoms with van der Waals surface area (Å²) in [4.78, 5) is 0. The van der Waals surface area contributed by atoms with Gasteiger partial charge in [-0.2, -0.15) is 0 Å². The van der Waals surface area contributed by atoms with Gasteiger partial charge < -0.3 is 114 Å². The first-order valence-corrected chi connectivity index (χ1v) is 27.3. The van der Waals surface area contributed by atoms with Crippen molar-refractivity contribution in [2.45, 2.75) is 233 Å². The molecule has 0 radical (unpaired) electrons. The number of aliphatic hydroxyl groups is 13. The van der Waals surface area contributed by atoms with Gasteiger partial charge in [0.2, 0.25) is 0 Å². The fraction of sp³-hybridized carbons (Fsp3) is 0.962. The van der Waals surface area contributed by atoms with E-state index in [1.165, 1.54) is 12.5 Å². The van der Waals surface area contributed by atoms with Gasteiger partial charge in [-0.1, -0.05) is 39.3 Å². The summed E-state index contributed by atoms with van der Waals surface area (Å²) in [6.07, 6.45) is -20.5. The second-order valence-electron chi connectivity index (χ2n) is 24.0. The van der Waals surface area contributed by atoms with Crippen molar-refractivity contribution in [3.63, 3.8) is 0 Å². The largest absolute Gasteiger partial charge is 0.394 e. The van der Waals surface area contributed by atoms with E-state index < -0.39 is 148 Å². The lowest BCUT2D eigenvalue weighted by Crippen LogP contribution is -2.64. The van der Waals surface area contributed by atoms with Crippen LogP contribution in [0.1, 0.15) is 92.4 Å². The molecule has 0 aromatic carbocycles. The van der Waals surface area contributed by atoms with E-state index in [0.29, 0.717) is 49.4 Å². The highest BCUT2D eigenvalue weighted by atomic mass is 16.8. The summed E-state index contributed by atoms with van der Waals surface area (Å²) in [6, 6.07) is 0. The molecular weight excluding hydrogens is 993 g/mol. The highest BCUT2D eigenvalue weighted by Crippen LogP contribution is 2.70. The molecule has 31 unspecified atom stereocenters. The number of ether oxygens (including phenoxy) is 10. The van der Waals surface area contributed by atoms with Crippen molar-refractivity contribution < 1.29 is 114 Å². The predicted molar refractivity (Wildman–Crippen MR) is 255 cm³/mol. The minimum absolute atomic E-state index is 0.00726. The van der Waals surface area contributed by atoms with Crippen LogP contribution < -0.4 is 0 Å². The normalized spacial score (nSPS) is 54.3. The number of aliphatic hydroxyl groups excluding tert-OH is 13. The van der Waals surface area contributed by atoms with Crippen molar-refractivity contribution in [1.82, 2.24) is 0 Å². The second-order valence-corrected chi connectivity index (χ2v) is 24.0. The Kier molecular flexibility index (Phi) is 17.9. The monoisotopic (exact) mass is 1080 g/mol. The summed E-state index contributed by atoms with van der Waals surface area (Å²) >= 11 is 0. The molecule has 8 fully saturated rings. The van der Waals surface area contributed by atoms with Gasteiger partial charge in [0.1, 0.15) is 91.6 Å². The third kappa shape index (κ3) is 10.6. The average Bonchev–Trinajstić information content (AvgIpc) is 3.86. The molecule has 0 aromatic rings. The summed E-state index contributed by atoms with van der Waals surface area (Å²) in [6.45, 7) is 8.97. The standard InChI is InChI=1S/C52H86O23/c1-21(19-67-46-42(63)39(60)35(56)30(17-53)71-46)9-14-52(66-6)22(2)33-29(75-52)16-28-26-8-7-24-15-25(10-12-50(24,4)27(26)11-13-51(28,33)5)70-48-44(65)40(61)37(58)32(73-48)20-68-49-45(41(62)36(57)31(18-54)72-49)74-47-43(64)38(59)34(55)23(3)69-47/h7,21-23,25-49,53-65H,8-20H2,1-6H3. The lowest BCUT2D eigenvalue weighted by atomic mass is 9.47. The molecule has 75 heavy (non-hydrogen) atoms. The molecule has 23 nitrogen and oxygen atoms in total. The van der Waals surface area contributed by atoms with E-state index in [2.05, 4.69) is 26.8 Å². The van der Waals surface area contributed by atoms with Gasteiger partial charge in [0.15, 0.2) is 30.9 Å². The van der Waals surface area contributed by atoms with Crippen LogP contribution in [-0.4, -0.2) is 241 Å². The number of allylic oxidation sites excluding steroid dienone is 1. The minimum Gasteiger partial charge on any atom is -0.394 e. The Morgan fingerprint density at radius 1 is 0.653 bits per heavy atom. The number of rotatable bonds is 16. The molecule has 0 aromatic heterocycles. The third-order valence-electron chi connectivity index (χ3n) is 19.8. The van der Waals surface area contributed by atoms with Gasteiger partial charge in [-0.15, -0.1) is 0 Å². The van der Waals surface area contributed by atoms with E-state index in [4.69, 9.17) is 47.4 Å². The van der Waals surface area contributed by atoms with Gasteiger partial charge in [0, 0.05) is 19.4 Å². The third-order valence-corrected chi connectivity index (χ3v) is 19.8. The van der Waals surface area contributed by atoms with Gasteiger partial charge in [0.05, 0.1) is 44.7 Å². The van der Waals surface area contributed by atoms with Crippen LogP contribution in [0.3, 0.4) is 0 Å². The number of hydrogen-bond donors (Lipinski definition) is 13. The topological polar surface area (TPSA) is 355 Å². The molecular formula is C52H86O23. The zero-order chi connectivity index (χ0) is 54.2. The Morgan fingerprint density at radius 2 is 1.25 bits per heavy atom. The fourth-order valence-electron chi connectivity index (χ4n) is 15.2. The van der Waals surface area contributed by atoms with Gasteiger partial charge >= 0.3 is 0 Å². The van der Waals surface area contributed by atoms with Crippen molar-refractivity contribution >= 4 is 0 Å². The lowest BCUT2D eigenvalue weighted by Gasteiger charge is -2.58. The van der Waals surface area contributed by atoms with Crippen LogP contribution >= 0.6 is 0 Å². The van der Waals surface area contributed by atoms with Crippen LogP contribution in [0.25, 0.3) is 0 Å². The first kappa shape index (κ1) is 58.5. The van der Waals surface area contributed by atoms with E-state index in [-0.39, 0.29) is 41.5 Å². The van der Waals surface area contributed by atoms with Crippen LogP contribution in [-0.2, 0) is 47.4 Å². The Labute approximate surface area is 437 Å². The minimum atomic E-state index is -1.78. The van der Waals surface area contributed by atoms with Crippen molar-refractivity contribution in [2.24, 2.45) is 46.3 Å². The molecule has 0 spiro atoms. The number of fused-ring (bicyclic) bond motifs is 7. The first-order chi connectivity index (χ1) is 35.5. The van der Waals surface area contributed by atoms with E-state index in [1.54, 1.807) is 7.11 Å². The SMILES string of the molecule is COC1(CCC(C)COC2OC(CO)C(O)C(O)C2O)OC2CC3C4CC=C5CC(OC6OC(COC7OC(CO)C(O)C(O)C7OC7OC(C)C(O)C(O)C7O)C(O)C(O)C6O)CCC5(C)C4CCC3(C)C2C1C. The smallest absolute Gasteiger partial charge is 0.187 e. The Bertz CT molecular complexity index is 1940. The fourth-order valence-corrected chi connectivity index (χ4v) is 15.2. The molecule has 31 atom stereocenters. The number of methoxy groups -OCH3 is 1. The predicted octanol–water partition coefficient (Wildman–Crippen LogP) is -2.35. The Morgan fingerprint density at radius 3 is 1.92 bits per heavy atom. The molecule has 0 bridgehead atoms. The highest BCUT2D eigenvalue weighted by molar-refractivity contribution is 5.26. The second kappa shape index (κ2) is 23.0. The van der Waals surface area contributed by atoms with Gasteiger partial charge in [-0.3, -0.25) is 0 Å². The van der Waals surface area contributed by atoms with Crippen molar-refractivity contribution in [3.8, 4) is 0 Å². The molecule has 5 saturated heterocycles. The zero-order valence-corrected chi connectivity index (χ0v) is 43.8. The van der Waals surface area contributed by atoms with E-state index >= 15 is 0 Å². The van der Waals surface area contributed by atoms with Crippen LogP contribution in [0.4, 0.5) is 0 Å². The molecule has 5 aliphatic heterocycles. The maximum Gasteiger partial charge on any atom is 0.187 e. The van der Waals surface area contributed by atoms with Gasteiger partial charge in [-0.05, 0) is 98.7 Å². The molecule has 432 valence electrons. The van der Waals surface area contributed by atoms with Crippen molar-refractivity contribution in [2.75, 3.05) is 33.5 Å². The van der Waals surface area contributed by atoms with Crippen LogP contribution in [0, 0.1) is 46.3 Å². The molecule has 23 heteroatoms. The molecule has 3 saturated carbocycles. The van der Waals surface area contributed by atoms with Crippen molar-refractivity contribution in [3.05, 3.63) is 11.6 Å². The average molecular weight is 1080 g/mol. The van der Waals surface area contributed by atoms with E-state index in [0.717, 1.165) is 32.1 Å². The molecule has 4 aliphatic carbocycles. The van der Waals surface area contributed by atoms with Crippen molar-refractivity contribution in [1.29, 1.82) is 0 Å². The highest BCUT2D eigenvalue weighted by Gasteiger charge is 2.68. The first-order valence-electron chi connectivity index (χ1n) is 27.3. The maximum absolute atomic E-state index is 11.2. The summed E-state index contributed by atoms with van der Waals surface area (Å²) in [7, 11) is 1.72. The summed E-state index contributed by atoms with van der Waals surface area (Å²) in [5.41, 5.74) is 1.24. The Hall–Kier alpha value is -1.18. The zero-order valence-electron chi connectivity index (χ0n) is 43.8. The number of hydrogen-bond acceptors (Lipinski definition) is 23. The van der Waals surface area contributed by atoms with E-state index in [1.807, 2.05) is 6.92 Å². The van der Waals surface area contributed by atoms with Crippen LogP contribution in [0.15, 0.2) is 11.6 Å². The summed E-state index contributed by atoms with van der Waals surface area (Å²) in [5, 5.41) is 137.